The molecule has 1 fully saturated rings. The molecule has 1 aliphatic rings. The van der Waals surface area contributed by atoms with Gasteiger partial charge in [0.2, 0.25) is 5.91 Å². The van der Waals surface area contributed by atoms with E-state index in [1.807, 2.05) is 25.2 Å². The predicted molar refractivity (Wildman–Crippen MR) is 86.4 cm³/mol. The van der Waals surface area contributed by atoms with Crippen LogP contribution in [-0.4, -0.2) is 56.6 Å². The smallest absolute Gasteiger partial charge is 0.234 e. The number of nitrogens with two attached hydrogens (primary N) is 1. The summed E-state index contributed by atoms with van der Waals surface area (Å²) in [7, 11) is 2.04. The molecule has 0 unspecified atom stereocenters. The number of carbonyl (C=O) groups is 1. The predicted octanol–water partition coefficient (Wildman–Crippen LogP) is 0.662. The molecule has 5 heteroatoms. The van der Waals surface area contributed by atoms with Crippen molar-refractivity contribution in [2.75, 3.05) is 44.7 Å². The number of piperidine rings is 1. The zero-order valence-electron chi connectivity index (χ0n) is 12.8. The van der Waals surface area contributed by atoms with E-state index in [9.17, 15) is 4.79 Å². The first-order valence-electron chi connectivity index (χ1n) is 7.66. The molecule has 1 aromatic rings. The van der Waals surface area contributed by atoms with Crippen LogP contribution in [-0.2, 0) is 4.79 Å². The minimum absolute atomic E-state index is 0.104. The van der Waals surface area contributed by atoms with Gasteiger partial charge in [0, 0.05) is 45.0 Å². The van der Waals surface area contributed by atoms with Crippen LogP contribution in [0, 0.1) is 0 Å². The number of nitrogens with one attached hydrogen (secondary N) is 1. The van der Waals surface area contributed by atoms with E-state index in [1.165, 1.54) is 0 Å². The van der Waals surface area contributed by atoms with Gasteiger partial charge in [0.15, 0.2) is 0 Å². The molecule has 1 heterocycles. The summed E-state index contributed by atoms with van der Waals surface area (Å²) in [5, 5.41) is 2.99. The average molecular weight is 290 g/mol. The van der Waals surface area contributed by atoms with Crippen LogP contribution >= 0.6 is 0 Å². The topological polar surface area (TPSA) is 61.6 Å². The van der Waals surface area contributed by atoms with Crippen LogP contribution in [0.3, 0.4) is 0 Å². The summed E-state index contributed by atoms with van der Waals surface area (Å²) in [6.45, 7) is 3.82. The van der Waals surface area contributed by atoms with Crippen molar-refractivity contribution in [3.05, 3.63) is 30.3 Å². The number of rotatable bonds is 6. The Labute approximate surface area is 127 Å². The maximum absolute atomic E-state index is 11.9. The molecule has 116 valence electrons. The quantitative estimate of drug-likeness (QED) is 0.808. The van der Waals surface area contributed by atoms with Crippen molar-refractivity contribution in [3.8, 4) is 0 Å². The van der Waals surface area contributed by atoms with Crippen LogP contribution in [0.5, 0.6) is 0 Å². The largest absolute Gasteiger partial charge is 0.373 e. The Morgan fingerprint density at radius 2 is 2.00 bits per heavy atom. The third kappa shape index (κ3) is 5.36. The highest BCUT2D eigenvalue weighted by molar-refractivity contribution is 5.78. The molecular formula is C16H26N4O. The number of likely N-dealkylation sites (N-methyl/N-ethyl adjacent to an activating group) is 1. The molecule has 0 aliphatic carbocycles. The summed E-state index contributed by atoms with van der Waals surface area (Å²) in [6.07, 6.45) is 1.98. The Morgan fingerprint density at radius 3 is 2.67 bits per heavy atom. The monoisotopic (exact) mass is 290 g/mol. The van der Waals surface area contributed by atoms with Crippen LogP contribution in [0.4, 0.5) is 5.69 Å². The number of nitrogens with zero attached hydrogens (tertiary/aromatic N) is 2. The molecule has 5 nitrogen and oxygen atoms in total. The van der Waals surface area contributed by atoms with Gasteiger partial charge in [0.05, 0.1) is 6.54 Å². The molecule has 1 amide bonds. The van der Waals surface area contributed by atoms with Crippen molar-refractivity contribution in [2.45, 2.75) is 18.9 Å². The fourth-order valence-electron chi connectivity index (χ4n) is 2.54. The number of anilines is 1. The van der Waals surface area contributed by atoms with Crippen molar-refractivity contribution < 1.29 is 4.79 Å². The van der Waals surface area contributed by atoms with Gasteiger partial charge in [-0.05, 0) is 25.0 Å². The molecule has 21 heavy (non-hydrogen) atoms. The van der Waals surface area contributed by atoms with Crippen LogP contribution in [0.1, 0.15) is 12.8 Å². The molecule has 0 spiro atoms. The van der Waals surface area contributed by atoms with Crippen LogP contribution in [0.2, 0.25) is 0 Å². The van der Waals surface area contributed by atoms with E-state index in [2.05, 4.69) is 27.2 Å². The highest BCUT2D eigenvalue weighted by Gasteiger charge is 2.17. The van der Waals surface area contributed by atoms with E-state index >= 15 is 0 Å². The van der Waals surface area contributed by atoms with Gasteiger partial charge in [0.25, 0.3) is 0 Å². The number of amides is 1. The molecule has 1 aliphatic heterocycles. The van der Waals surface area contributed by atoms with E-state index in [4.69, 9.17) is 5.73 Å². The lowest BCUT2D eigenvalue weighted by atomic mass is 10.1. The Balaban J connectivity index is 1.63. The van der Waals surface area contributed by atoms with Gasteiger partial charge in [-0.2, -0.15) is 0 Å². The van der Waals surface area contributed by atoms with E-state index < -0.39 is 0 Å². The average Bonchev–Trinajstić information content (AvgIpc) is 2.50. The van der Waals surface area contributed by atoms with Crippen molar-refractivity contribution in [2.24, 2.45) is 5.73 Å². The highest BCUT2D eigenvalue weighted by atomic mass is 16.2. The van der Waals surface area contributed by atoms with E-state index in [0.717, 1.165) is 38.2 Å². The molecule has 2 rings (SSSR count). The number of likely N-dealkylation sites (tertiary alicyclic amines) is 1. The van der Waals surface area contributed by atoms with Gasteiger partial charge >= 0.3 is 0 Å². The summed E-state index contributed by atoms with van der Waals surface area (Å²) in [6, 6.07) is 10.5. The first-order chi connectivity index (χ1) is 10.1. The third-order valence-corrected chi connectivity index (χ3v) is 3.97. The summed E-state index contributed by atoms with van der Waals surface area (Å²) in [5.41, 5.74) is 7.03. The molecule has 0 saturated carbocycles. The molecule has 0 aromatic heterocycles. The van der Waals surface area contributed by atoms with Crippen molar-refractivity contribution in [1.82, 2.24) is 10.2 Å². The van der Waals surface area contributed by atoms with Crippen LogP contribution in [0.25, 0.3) is 0 Å². The molecule has 0 bridgehead atoms. The number of hydrogen-bond donors (Lipinski definition) is 2. The Morgan fingerprint density at radius 1 is 1.33 bits per heavy atom. The lowest BCUT2D eigenvalue weighted by Gasteiger charge is -2.29. The van der Waals surface area contributed by atoms with Crippen molar-refractivity contribution >= 4 is 11.6 Å². The standard InChI is InChI=1S/C16H26N4O/c1-19(15-5-3-2-4-6-15)12-9-18-16(21)13-20-10-7-14(17)8-11-20/h2-6,14H,7-13,17H2,1H3,(H,18,21). The van der Waals surface area contributed by atoms with Gasteiger partial charge < -0.3 is 16.0 Å². The van der Waals surface area contributed by atoms with Gasteiger partial charge in [-0.25, -0.2) is 0 Å². The van der Waals surface area contributed by atoms with Crippen molar-refractivity contribution in [1.29, 1.82) is 0 Å². The Hall–Kier alpha value is -1.59. The van der Waals surface area contributed by atoms with Crippen LogP contribution in [0.15, 0.2) is 30.3 Å². The van der Waals surface area contributed by atoms with E-state index in [-0.39, 0.29) is 5.91 Å². The maximum Gasteiger partial charge on any atom is 0.234 e. The normalized spacial score (nSPS) is 16.7. The number of para-hydroxylation sites is 1. The van der Waals surface area contributed by atoms with Crippen LogP contribution < -0.4 is 16.0 Å². The minimum Gasteiger partial charge on any atom is -0.373 e. The second-order valence-electron chi connectivity index (χ2n) is 5.72. The first-order valence-corrected chi connectivity index (χ1v) is 7.66. The summed E-state index contributed by atoms with van der Waals surface area (Å²) in [5.74, 6) is 0.104. The molecule has 0 atom stereocenters. The number of carbonyl (C=O) groups excluding carboxylic acids is 1. The molecule has 0 radical (unpaired) electrons. The van der Waals surface area contributed by atoms with Gasteiger partial charge in [-0.1, -0.05) is 18.2 Å². The van der Waals surface area contributed by atoms with Crippen molar-refractivity contribution in [3.63, 3.8) is 0 Å². The summed E-state index contributed by atoms with van der Waals surface area (Å²) in [4.78, 5) is 16.2. The highest BCUT2D eigenvalue weighted by Crippen LogP contribution is 2.10. The molecule has 1 saturated heterocycles. The number of hydrogen-bond acceptors (Lipinski definition) is 4. The maximum atomic E-state index is 11.9. The summed E-state index contributed by atoms with van der Waals surface area (Å²) < 4.78 is 0. The summed E-state index contributed by atoms with van der Waals surface area (Å²) >= 11 is 0. The molecular weight excluding hydrogens is 264 g/mol. The fourth-order valence-corrected chi connectivity index (χ4v) is 2.54. The van der Waals surface area contributed by atoms with E-state index in [1.54, 1.807) is 0 Å². The first kappa shape index (κ1) is 15.8. The fraction of sp³-hybridized carbons (Fsp3) is 0.562. The zero-order chi connectivity index (χ0) is 15.1. The van der Waals surface area contributed by atoms with Gasteiger partial charge in [-0.3, -0.25) is 9.69 Å². The second-order valence-corrected chi connectivity index (χ2v) is 5.72. The zero-order valence-corrected chi connectivity index (χ0v) is 12.8. The lowest BCUT2D eigenvalue weighted by molar-refractivity contribution is -0.122. The van der Waals surface area contributed by atoms with E-state index in [0.29, 0.717) is 19.1 Å². The Bertz CT molecular complexity index is 429. The SMILES string of the molecule is CN(CCNC(=O)CN1CCC(N)CC1)c1ccccc1. The second kappa shape index (κ2) is 8.00. The minimum atomic E-state index is 0.104. The third-order valence-electron chi connectivity index (χ3n) is 3.97. The molecule has 1 aromatic carbocycles. The van der Waals surface area contributed by atoms with Gasteiger partial charge in [-0.15, -0.1) is 0 Å². The molecule has 3 N–H and O–H groups in total. The Kier molecular flexibility index (Phi) is 6.02. The number of benzene rings is 1. The lowest BCUT2D eigenvalue weighted by Crippen LogP contribution is -2.45. The van der Waals surface area contributed by atoms with Gasteiger partial charge in [0.1, 0.15) is 0 Å².